The number of carboxylic acid groups (broad SMARTS) is 1. The Hall–Kier alpha value is -1.43. The van der Waals surface area contributed by atoms with E-state index in [-0.39, 0.29) is 11.8 Å². The first-order chi connectivity index (χ1) is 8.61. The lowest BCUT2D eigenvalue weighted by molar-refractivity contribution is -0.142. The molecule has 1 unspecified atom stereocenters. The number of carboxylic acids is 1. The zero-order chi connectivity index (χ0) is 13.1. The van der Waals surface area contributed by atoms with Crippen molar-refractivity contribution in [3.8, 4) is 0 Å². The number of hydrogen-bond acceptors (Lipinski definition) is 4. The molecule has 0 amide bonds. The minimum Gasteiger partial charge on any atom is -0.480 e. The van der Waals surface area contributed by atoms with Crippen LogP contribution in [0.4, 0.5) is 0 Å². The van der Waals surface area contributed by atoms with Crippen LogP contribution in [0.5, 0.6) is 0 Å². The first kappa shape index (κ1) is 13.0. The Labute approximate surface area is 106 Å². The molecule has 6 heteroatoms. The monoisotopic (exact) mass is 253 g/mol. The first-order valence-corrected chi connectivity index (χ1v) is 6.31. The van der Waals surface area contributed by atoms with Gasteiger partial charge in [0, 0.05) is 19.1 Å². The molecule has 0 saturated carbocycles. The molecule has 2 heterocycles. The fraction of sp³-hybridized carbons (Fsp3) is 0.750. The lowest BCUT2D eigenvalue weighted by Gasteiger charge is -2.25. The summed E-state index contributed by atoms with van der Waals surface area (Å²) in [7, 11) is 0. The summed E-state index contributed by atoms with van der Waals surface area (Å²) < 4.78 is 7.03. The van der Waals surface area contributed by atoms with Crippen molar-refractivity contribution >= 4 is 5.97 Å². The summed E-state index contributed by atoms with van der Waals surface area (Å²) in [5.41, 5.74) is 0. The van der Waals surface area contributed by atoms with Crippen LogP contribution >= 0.6 is 0 Å². The fourth-order valence-electron chi connectivity index (χ4n) is 2.44. The van der Waals surface area contributed by atoms with E-state index in [1.165, 1.54) is 6.33 Å². The van der Waals surface area contributed by atoms with E-state index in [9.17, 15) is 9.90 Å². The molecule has 0 aromatic carbocycles. The Morgan fingerprint density at radius 3 is 2.72 bits per heavy atom. The molecule has 1 atom stereocenters. The summed E-state index contributed by atoms with van der Waals surface area (Å²) in [5.74, 6) is 0.191. The molecule has 1 N–H and O–H groups in total. The number of ether oxygens (including phenoxy) is 1. The summed E-state index contributed by atoms with van der Waals surface area (Å²) in [6.07, 6.45) is 3.29. The van der Waals surface area contributed by atoms with Gasteiger partial charge in [0.2, 0.25) is 0 Å². The lowest BCUT2D eigenvalue weighted by atomic mass is 9.97. The van der Waals surface area contributed by atoms with Gasteiger partial charge in [-0.15, -0.1) is 10.2 Å². The van der Waals surface area contributed by atoms with Crippen molar-refractivity contribution in [1.29, 1.82) is 0 Å². The van der Waals surface area contributed by atoms with E-state index in [1.807, 2.05) is 13.8 Å². The van der Waals surface area contributed by atoms with Crippen molar-refractivity contribution < 1.29 is 14.6 Å². The van der Waals surface area contributed by atoms with Crippen molar-refractivity contribution in [2.45, 2.75) is 38.6 Å². The van der Waals surface area contributed by atoms with E-state index in [0.717, 1.165) is 18.7 Å². The Bertz CT molecular complexity index is 410. The quantitative estimate of drug-likeness (QED) is 0.878. The second-order valence-corrected chi connectivity index (χ2v) is 5.01. The standard InChI is InChI=1S/C12H19N3O3/c1-8(2)10(12(16)17)15-7-13-14-11(15)9-3-5-18-6-4-9/h7-10H,3-6H2,1-2H3,(H,16,17). The van der Waals surface area contributed by atoms with Gasteiger partial charge in [0.1, 0.15) is 18.2 Å². The molecule has 0 aliphatic carbocycles. The molecule has 1 aromatic rings. The molecule has 0 bridgehead atoms. The number of aliphatic carboxylic acids is 1. The van der Waals surface area contributed by atoms with E-state index in [0.29, 0.717) is 13.2 Å². The number of aromatic nitrogens is 3. The highest BCUT2D eigenvalue weighted by Gasteiger charge is 2.29. The van der Waals surface area contributed by atoms with Crippen LogP contribution < -0.4 is 0 Å². The predicted octanol–water partition coefficient (Wildman–Crippen LogP) is 1.45. The topological polar surface area (TPSA) is 77.2 Å². The normalized spacial score (nSPS) is 19.1. The molecule has 1 aromatic heterocycles. The van der Waals surface area contributed by atoms with Crippen LogP contribution in [0, 0.1) is 5.92 Å². The molecule has 1 fully saturated rings. The summed E-state index contributed by atoms with van der Waals surface area (Å²) >= 11 is 0. The van der Waals surface area contributed by atoms with Gasteiger partial charge in [-0.1, -0.05) is 13.8 Å². The molecule has 18 heavy (non-hydrogen) atoms. The van der Waals surface area contributed by atoms with Gasteiger partial charge in [-0.3, -0.25) is 0 Å². The zero-order valence-corrected chi connectivity index (χ0v) is 10.7. The highest BCUT2D eigenvalue weighted by Crippen LogP contribution is 2.29. The van der Waals surface area contributed by atoms with E-state index >= 15 is 0 Å². The highest BCUT2D eigenvalue weighted by molar-refractivity contribution is 5.72. The summed E-state index contributed by atoms with van der Waals surface area (Å²) in [6.45, 7) is 5.20. The van der Waals surface area contributed by atoms with E-state index in [1.54, 1.807) is 4.57 Å². The smallest absolute Gasteiger partial charge is 0.327 e. The SMILES string of the molecule is CC(C)C(C(=O)O)n1cnnc1C1CCOCC1. The van der Waals surface area contributed by atoms with E-state index in [2.05, 4.69) is 10.2 Å². The average Bonchev–Trinajstić information content (AvgIpc) is 2.78. The van der Waals surface area contributed by atoms with Gasteiger partial charge in [-0.25, -0.2) is 4.79 Å². The van der Waals surface area contributed by atoms with Crippen molar-refractivity contribution in [3.05, 3.63) is 12.2 Å². The fourth-order valence-corrected chi connectivity index (χ4v) is 2.44. The Balaban J connectivity index is 2.27. The lowest BCUT2D eigenvalue weighted by Crippen LogP contribution is -2.27. The van der Waals surface area contributed by atoms with Gasteiger partial charge in [0.05, 0.1) is 0 Å². The van der Waals surface area contributed by atoms with Crippen molar-refractivity contribution in [2.75, 3.05) is 13.2 Å². The Kier molecular flexibility index (Phi) is 3.96. The van der Waals surface area contributed by atoms with Gasteiger partial charge in [-0.05, 0) is 18.8 Å². The molecule has 1 aliphatic rings. The average molecular weight is 253 g/mol. The van der Waals surface area contributed by atoms with Gasteiger partial charge in [0.25, 0.3) is 0 Å². The van der Waals surface area contributed by atoms with Crippen LogP contribution in [0.2, 0.25) is 0 Å². The Morgan fingerprint density at radius 2 is 2.17 bits per heavy atom. The maximum Gasteiger partial charge on any atom is 0.327 e. The summed E-state index contributed by atoms with van der Waals surface area (Å²) in [4.78, 5) is 11.4. The predicted molar refractivity (Wildman–Crippen MR) is 64.3 cm³/mol. The minimum absolute atomic E-state index is 0.00269. The van der Waals surface area contributed by atoms with Crippen LogP contribution in [0.1, 0.15) is 44.5 Å². The van der Waals surface area contributed by atoms with E-state index in [4.69, 9.17) is 4.74 Å². The maximum absolute atomic E-state index is 11.4. The maximum atomic E-state index is 11.4. The second-order valence-electron chi connectivity index (χ2n) is 5.01. The molecule has 1 aliphatic heterocycles. The van der Waals surface area contributed by atoms with Crippen LogP contribution in [0.15, 0.2) is 6.33 Å². The molecule has 100 valence electrons. The number of nitrogens with zero attached hydrogens (tertiary/aromatic N) is 3. The number of hydrogen-bond donors (Lipinski definition) is 1. The molecular formula is C12H19N3O3. The largest absolute Gasteiger partial charge is 0.480 e. The highest BCUT2D eigenvalue weighted by atomic mass is 16.5. The molecule has 6 nitrogen and oxygen atoms in total. The van der Waals surface area contributed by atoms with Gasteiger partial charge in [0.15, 0.2) is 0 Å². The third-order valence-electron chi connectivity index (χ3n) is 3.37. The van der Waals surface area contributed by atoms with Crippen LogP contribution in [0.25, 0.3) is 0 Å². The van der Waals surface area contributed by atoms with Gasteiger partial charge < -0.3 is 14.4 Å². The number of carbonyl (C=O) groups is 1. The van der Waals surface area contributed by atoms with Crippen LogP contribution in [-0.4, -0.2) is 39.1 Å². The number of rotatable bonds is 4. The summed E-state index contributed by atoms with van der Waals surface area (Å²) in [6, 6.07) is -0.599. The van der Waals surface area contributed by atoms with Crippen molar-refractivity contribution in [2.24, 2.45) is 5.92 Å². The first-order valence-electron chi connectivity index (χ1n) is 6.31. The second kappa shape index (κ2) is 5.48. The van der Waals surface area contributed by atoms with Crippen molar-refractivity contribution in [3.63, 3.8) is 0 Å². The Morgan fingerprint density at radius 1 is 1.50 bits per heavy atom. The third kappa shape index (κ3) is 2.53. The van der Waals surface area contributed by atoms with Gasteiger partial charge in [-0.2, -0.15) is 0 Å². The van der Waals surface area contributed by atoms with Crippen LogP contribution in [-0.2, 0) is 9.53 Å². The van der Waals surface area contributed by atoms with Crippen LogP contribution in [0.3, 0.4) is 0 Å². The van der Waals surface area contributed by atoms with Crippen molar-refractivity contribution in [1.82, 2.24) is 14.8 Å². The van der Waals surface area contributed by atoms with Gasteiger partial charge >= 0.3 is 5.97 Å². The molecule has 1 saturated heterocycles. The zero-order valence-electron chi connectivity index (χ0n) is 10.7. The molecule has 0 spiro atoms. The molecule has 2 rings (SSSR count). The summed E-state index contributed by atoms with van der Waals surface area (Å²) in [5, 5.41) is 17.3. The molecular weight excluding hydrogens is 234 g/mol. The minimum atomic E-state index is -0.835. The molecule has 0 radical (unpaired) electrons. The third-order valence-corrected chi connectivity index (χ3v) is 3.37. The van der Waals surface area contributed by atoms with E-state index < -0.39 is 12.0 Å².